The Morgan fingerprint density at radius 1 is 1.19 bits per heavy atom. The minimum Gasteiger partial charge on any atom is -0.294 e. The first-order valence-corrected chi connectivity index (χ1v) is 6.11. The van der Waals surface area contributed by atoms with Gasteiger partial charge in [-0.3, -0.25) is 4.79 Å². The molecule has 0 radical (unpaired) electrons. The third-order valence-electron chi connectivity index (χ3n) is 2.95. The van der Waals surface area contributed by atoms with Crippen molar-refractivity contribution in [2.24, 2.45) is 5.92 Å². The smallest absolute Gasteiger partial charge is 0.163 e. The van der Waals surface area contributed by atoms with Gasteiger partial charge in [0.1, 0.15) is 0 Å². The Morgan fingerprint density at radius 3 is 2.25 bits per heavy atom. The van der Waals surface area contributed by atoms with E-state index in [1.54, 1.807) is 0 Å². The molecule has 16 heavy (non-hydrogen) atoms. The molecule has 88 valence electrons. The van der Waals surface area contributed by atoms with E-state index in [4.69, 9.17) is 0 Å². The molecule has 0 aliphatic carbocycles. The highest BCUT2D eigenvalue weighted by Gasteiger charge is 2.11. The van der Waals surface area contributed by atoms with Gasteiger partial charge in [0.05, 0.1) is 0 Å². The van der Waals surface area contributed by atoms with Crippen molar-refractivity contribution >= 4 is 5.78 Å². The number of ketones is 1. The number of hydrogen-bond donors (Lipinski definition) is 0. The molecule has 0 saturated carbocycles. The van der Waals surface area contributed by atoms with Crippen LogP contribution in [0.4, 0.5) is 0 Å². The Kier molecular flexibility index (Phi) is 4.72. The minimum atomic E-state index is 0.302. The van der Waals surface area contributed by atoms with Crippen LogP contribution in [0.1, 0.15) is 54.6 Å². The topological polar surface area (TPSA) is 17.1 Å². The summed E-state index contributed by atoms with van der Waals surface area (Å²) in [5, 5.41) is 0. The molecule has 1 rings (SSSR count). The van der Waals surface area contributed by atoms with Gasteiger partial charge < -0.3 is 0 Å². The molecule has 0 bridgehead atoms. The number of Topliss-reactive ketones (excluding diaryl/α,β-unsaturated/α-hetero) is 1. The van der Waals surface area contributed by atoms with Gasteiger partial charge in [0.2, 0.25) is 0 Å². The average molecular weight is 218 g/mol. The van der Waals surface area contributed by atoms with Gasteiger partial charge in [0.15, 0.2) is 5.78 Å². The van der Waals surface area contributed by atoms with E-state index in [1.165, 1.54) is 0 Å². The van der Waals surface area contributed by atoms with E-state index in [1.807, 2.05) is 32.0 Å². The molecule has 0 unspecified atom stereocenters. The standard InChI is InChI=1S/C15H22O/c1-11(2)7-5-10-14(16)15-12(3)8-6-9-13(15)4/h6,8-9,11H,5,7,10H2,1-4H3. The second-order valence-electron chi connectivity index (χ2n) is 4.98. The molecule has 0 saturated heterocycles. The third kappa shape index (κ3) is 3.48. The number of carbonyl (C=O) groups is 1. The zero-order valence-corrected chi connectivity index (χ0v) is 10.8. The van der Waals surface area contributed by atoms with Crippen LogP contribution in [0.25, 0.3) is 0 Å². The number of hydrogen-bond acceptors (Lipinski definition) is 1. The molecular formula is C15H22O. The van der Waals surface area contributed by atoms with Gasteiger partial charge >= 0.3 is 0 Å². The van der Waals surface area contributed by atoms with Gasteiger partial charge in [-0.1, -0.05) is 38.5 Å². The molecule has 0 aliphatic rings. The summed E-state index contributed by atoms with van der Waals surface area (Å²) < 4.78 is 0. The fourth-order valence-corrected chi connectivity index (χ4v) is 2.05. The maximum Gasteiger partial charge on any atom is 0.163 e. The lowest BCUT2D eigenvalue weighted by Crippen LogP contribution is -2.05. The Labute approximate surface area is 98.9 Å². The summed E-state index contributed by atoms with van der Waals surface area (Å²) in [5.41, 5.74) is 3.15. The van der Waals surface area contributed by atoms with Crippen LogP contribution in [0, 0.1) is 19.8 Å². The predicted octanol–water partition coefficient (Wildman–Crippen LogP) is 4.31. The van der Waals surface area contributed by atoms with E-state index in [-0.39, 0.29) is 0 Å². The van der Waals surface area contributed by atoms with Gasteiger partial charge in [0, 0.05) is 12.0 Å². The first kappa shape index (κ1) is 13.0. The molecular weight excluding hydrogens is 196 g/mol. The van der Waals surface area contributed by atoms with Gasteiger partial charge in [0.25, 0.3) is 0 Å². The number of carbonyl (C=O) groups excluding carboxylic acids is 1. The van der Waals surface area contributed by atoms with Gasteiger partial charge in [-0.2, -0.15) is 0 Å². The molecule has 1 aromatic carbocycles. The van der Waals surface area contributed by atoms with Crippen LogP contribution in [-0.4, -0.2) is 5.78 Å². The molecule has 0 N–H and O–H groups in total. The lowest BCUT2D eigenvalue weighted by molar-refractivity contribution is 0.0977. The Balaban J connectivity index is 2.66. The summed E-state index contributed by atoms with van der Waals surface area (Å²) in [6, 6.07) is 6.04. The maximum absolute atomic E-state index is 12.1. The van der Waals surface area contributed by atoms with Crippen molar-refractivity contribution in [3.05, 3.63) is 34.9 Å². The lowest BCUT2D eigenvalue weighted by atomic mass is 9.95. The highest BCUT2D eigenvalue weighted by molar-refractivity contribution is 5.98. The van der Waals surface area contributed by atoms with E-state index < -0.39 is 0 Å². The fourth-order valence-electron chi connectivity index (χ4n) is 2.05. The van der Waals surface area contributed by atoms with Crippen molar-refractivity contribution in [2.75, 3.05) is 0 Å². The molecule has 0 heterocycles. The second-order valence-corrected chi connectivity index (χ2v) is 4.98. The third-order valence-corrected chi connectivity index (χ3v) is 2.95. The highest BCUT2D eigenvalue weighted by atomic mass is 16.1. The van der Waals surface area contributed by atoms with Crippen LogP contribution in [0.2, 0.25) is 0 Å². The van der Waals surface area contributed by atoms with Crippen LogP contribution >= 0.6 is 0 Å². The van der Waals surface area contributed by atoms with Crippen molar-refractivity contribution in [1.82, 2.24) is 0 Å². The zero-order chi connectivity index (χ0) is 12.1. The molecule has 0 amide bonds. The lowest BCUT2D eigenvalue weighted by Gasteiger charge is -2.09. The average Bonchev–Trinajstić information content (AvgIpc) is 2.16. The molecule has 1 heteroatoms. The Hall–Kier alpha value is -1.11. The van der Waals surface area contributed by atoms with Crippen molar-refractivity contribution in [3.63, 3.8) is 0 Å². The summed E-state index contributed by atoms with van der Waals surface area (Å²) in [5.74, 6) is 0.988. The van der Waals surface area contributed by atoms with E-state index in [2.05, 4.69) is 13.8 Å². The van der Waals surface area contributed by atoms with Crippen LogP contribution in [-0.2, 0) is 0 Å². The van der Waals surface area contributed by atoms with Crippen LogP contribution in [0.15, 0.2) is 18.2 Å². The fraction of sp³-hybridized carbons (Fsp3) is 0.533. The van der Waals surface area contributed by atoms with E-state index in [9.17, 15) is 4.79 Å². The van der Waals surface area contributed by atoms with Gasteiger partial charge in [-0.05, 0) is 37.3 Å². The van der Waals surface area contributed by atoms with E-state index in [0.717, 1.165) is 29.5 Å². The quantitative estimate of drug-likeness (QED) is 0.673. The Bertz CT molecular complexity index is 343. The first-order valence-electron chi connectivity index (χ1n) is 6.11. The van der Waals surface area contributed by atoms with Gasteiger partial charge in [-0.15, -0.1) is 0 Å². The zero-order valence-electron chi connectivity index (χ0n) is 10.8. The van der Waals surface area contributed by atoms with Crippen molar-refractivity contribution in [1.29, 1.82) is 0 Å². The van der Waals surface area contributed by atoms with Crippen molar-refractivity contribution in [2.45, 2.75) is 47.0 Å². The normalized spacial score (nSPS) is 10.8. The minimum absolute atomic E-state index is 0.302. The summed E-state index contributed by atoms with van der Waals surface area (Å²) >= 11 is 0. The highest BCUT2D eigenvalue weighted by Crippen LogP contribution is 2.17. The first-order chi connectivity index (χ1) is 7.52. The monoisotopic (exact) mass is 218 g/mol. The van der Waals surface area contributed by atoms with E-state index in [0.29, 0.717) is 18.1 Å². The van der Waals surface area contributed by atoms with E-state index >= 15 is 0 Å². The molecule has 0 fully saturated rings. The number of benzene rings is 1. The molecule has 1 aromatic rings. The van der Waals surface area contributed by atoms with Crippen LogP contribution in [0.5, 0.6) is 0 Å². The van der Waals surface area contributed by atoms with Crippen molar-refractivity contribution in [3.8, 4) is 0 Å². The molecule has 1 nitrogen and oxygen atoms in total. The van der Waals surface area contributed by atoms with Crippen molar-refractivity contribution < 1.29 is 4.79 Å². The summed E-state index contributed by atoms with van der Waals surface area (Å²) in [4.78, 5) is 12.1. The summed E-state index contributed by atoms with van der Waals surface area (Å²) in [7, 11) is 0. The largest absolute Gasteiger partial charge is 0.294 e. The molecule has 0 aromatic heterocycles. The SMILES string of the molecule is Cc1cccc(C)c1C(=O)CCCC(C)C. The molecule has 0 aliphatic heterocycles. The summed E-state index contributed by atoms with van der Waals surface area (Å²) in [6.45, 7) is 8.43. The second kappa shape index (κ2) is 5.83. The maximum atomic E-state index is 12.1. The number of rotatable bonds is 5. The van der Waals surface area contributed by atoms with Gasteiger partial charge in [-0.25, -0.2) is 0 Å². The Morgan fingerprint density at radius 2 is 1.75 bits per heavy atom. The number of aryl methyl sites for hydroxylation is 2. The molecule has 0 spiro atoms. The predicted molar refractivity (Wildman–Crippen MR) is 68.9 cm³/mol. The summed E-state index contributed by atoms with van der Waals surface area (Å²) in [6.07, 6.45) is 2.82. The van der Waals surface area contributed by atoms with Crippen LogP contribution < -0.4 is 0 Å². The molecule has 0 atom stereocenters. The van der Waals surface area contributed by atoms with Crippen LogP contribution in [0.3, 0.4) is 0 Å².